The highest BCUT2D eigenvalue weighted by Gasteiger charge is 2.10. The van der Waals surface area contributed by atoms with Gasteiger partial charge in [-0.25, -0.2) is 10.2 Å². The Labute approximate surface area is 210 Å². The Hall–Kier alpha value is -3.73. The largest absolute Gasteiger partial charge is 0.488 e. The third-order valence-corrected chi connectivity index (χ3v) is 5.55. The van der Waals surface area contributed by atoms with Gasteiger partial charge in [-0.05, 0) is 64.6 Å². The SMILES string of the molecule is COC(=O)c1ccc(COc2ccccc2/C=N\NC(=O)CNC(=O)c2ccccc2I)cc1. The molecule has 0 heterocycles. The molecule has 0 aromatic heterocycles. The first-order valence-electron chi connectivity index (χ1n) is 10.2. The van der Waals surface area contributed by atoms with Gasteiger partial charge in [0.05, 0.1) is 31.0 Å². The smallest absolute Gasteiger partial charge is 0.337 e. The van der Waals surface area contributed by atoms with Crippen LogP contribution in [0.4, 0.5) is 0 Å². The Morgan fingerprint density at radius 1 is 0.971 bits per heavy atom. The minimum atomic E-state index is -0.459. The minimum absolute atomic E-state index is 0.207. The maximum absolute atomic E-state index is 12.2. The van der Waals surface area contributed by atoms with Gasteiger partial charge >= 0.3 is 5.97 Å². The van der Waals surface area contributed by atoms with Gasteiger partial charge in [0.2, 0.25) is 0 Å². The molecule has 0 spiro atoms. The molecule has 0 saturated heterocycles. The van der Waals surface area contributed by atoms with Gasteiger partial charge in [-0.1, -0.05) is 36.4 Å². The van der Waals surface area contributed by atoms with Crippen LogP contribution in [-0.4, -0.2) is 37.7 Å². The zero-order valence-corrected chi connectivity index (χ0v) is 20.4. The Morgan fingerprint density at radius 2 is 1.68 bits per heavy atom. The van der Waals surface area contributed by atoms with Crippen molar-refractivity contribution in [3.63, 3.8) is 0 Å². The Balaban J connectivity index is 1.51. The number of hydrogen-bond donors (Lipinski definition) is 2. The van der Waals surface area contributed by atoms with E-state index in [0.29, 0.717) is 22.4 Å². The topological polar surface area (TPSA) is 106 Å². The second-order valence-electron chi connectivity index (χ2n) is 6.97. The summed E-state index contributed by atoms with van der Waals surface area (Å²) in [5.74, 6) is -0.614. The number of amides is 2. The molecule has 0 aliphatic heterocycles. The number of benzene rings is 3. The summed E-state index contributed by atoms with van der Waals surface area (Å²) in [7, 11) is 1.33. The number of para-hydroxylation sites is 1. The lowest BCUT2D eigenvalue weighted by molar-refractivity contribution is -0.120. The number of hydrazone groups is 1. The monoisotopic (exact) mass is 571 g/mol. The van der Waals surface area contributed by atoms with Gasteiger partial charge in [0, 0.05) is 9.13 Å². The molecule has 0 saturated carbocycles. The van der Waals surface area contributed by atoms with E-state index in [1.54, 1.807) is 48.5 Å². The van der Waals surface area contributed by atoms with Crippen LogP contribution < -0.4 is 15.5 Å². The highest BCUT2D eigenvalue weighted by Crippen LogP contribution is 2.18. The average Bonchev–Trinajstić information content (AvgIpc) is 2.86. The Bertz CT molecular complexity index is 1200. The van der Waals surface area contributed by atoms with Crippen molar-refractivity contribution in [3.8, 4) is 5.75 Å². The van der Waals surface area contributed by atoms with Crippen molar-refractivity contribution in [1.82, 2.24) is 10.7 Å². The van der Waals surface area contributed by atoms with Crippen LogP contribution in [0.1, 0.15) is 31.8 Å². The normalized spacial score (nSPS) is 10.5. The van der Waals surface area contributed by atoms with E-state index >= 15 is 0 Å². The number of methoxy groups -OCH3 is 1. The van der Waals surface area contributed by atoms with Crippen molar-refractivity contribution >= 4 is 46.6 Å². The van der Waals surface area contributed by atoms with Crippen LogP contribution in [0.2, 0.25) is 0 Å². The standard InChI is InChI=1S/C25H22IN3O5/c1-33-25(32)18-12-10-17(11-13-18)16-34-22-9-5-2-6-19(22)14-28-29-23(30)15-27-24(31)20-7-3-4-8-21(20)26/h2-14H,15-16H2,1H3,(H,27,31)(H,29,30)/b28-14-. The van der Waals surface area contributed by atoms with Crippen LogP contribution in [-0.2, 0) is 16.1 Å². The van der Waals surface area contributed by atoms with E-state index in [-0.39, 0.29) is 19.1 Å². The molecular formula is C25H22IN3O5. The highest BCUT2D eigenvalue weighted by molar-refractivity contribution is 14.1. The molecule has 0 aliphatic carbocycles. The molecule has 0 radical (unpaired) electrons. The predicted molar refractivity (Wildman–Crippen MR) is 136 cm³/mol. The van der Waals surface area contributed by atoms with Crippen molar-refractivity contribution in [2.45, 2.75) is 6.61 Å². The fraction of sp³-hybridized carbons (Fsp3) is 0.120. The van der Waals surface area contributed by atoms with Gasteiger partial charge in [0.15, 0.2) is 0 Å². The molecule has 34 heavy (non-hydrogen) atoms. The number of nitrogens with zero attached hydrogens (tertiary/aromatic N) is 1. The van der Waals surface area contributed by atoms with Crippen LogP contribution in [0.25, 0.3) is 0 Å². The van der Waals surface area contributed by atoms with E-state index in [2.05, 4.69) is 38.4 Å². The fourth-order valence-electron chi connectivity index (χ4n) is 2.85. The third-order valence-electron chi connectivity index (χ3n) is 4.61. The van der Waals surface area contributed by atoms with Crippen LogP contribution in [0.3, 0.4) is 0 Å². The molecule has 3 aromatic carbocycles. The number of rotatable bonds is 9. The molecule has 174 valence electrons. The summed E-state index contributed by atoms with van der Waals surface area (Å²) in [6, 6.07) is 21.2. The summed E-state index contributed by atoms with van der Waals surface area (Å²) in [6.45, 7) is 0.0733. The van der Waals surface area contributed by atoms with E-state index in [1.165, 1.54) is 13.3 Å². The number of nitrogens with one attached hydrogen (secondary N) is 2. The average molecular weight is 571 g/mol. The summed E-state index contributed by atoms with van der Waals surface area (Å²) in [6.07, 6.45) is 1.47. The molecule has 0 atom stereocenters. The van der Waals surface area contributed by atoms with Gasteiger partial charge in [0.1, 0.15) is 12.4 Å². The van der Waals surface area contributed by atoms with Crippen molar-refractivity contribution in [3.05, 3.63) is 98.6 Å². The van der Waals surface area contributed by atoms with E-state index < -0.39 is 11.9 Å². The van der Waals surface area contributed by atoms with Gasteiger partial charge in [-0.2, -0.15) is 5.10 Å². The number of carbonyl (C=O) groups excluding carboxylic acids is 3. The lowest BCUT2D eigenvalue weighted by Gasteiger charge is -2.09. The van der Waals surface area contributed by atoms with Crippen molar-refractivity contribution in [2.75, 3.05) is 13.7 Å². The zero-order valence-electron chi connectivity index (χ0n) is 18.3. The van der Waals surface area contributed by atoms with Crippen LogP contribution in [0.15, 0.2) is 77.9 Å². The van der Waals surface area contributed by atoms with Gasteiger partial charge in [-0.15, -0.1) is 0 Å². The first-order chi connectivity index (χ1) is 16.5. The van der Waals surface area contributed by atoms with Gasteiger partial charge < -0.3 is 14.8 Å². The van der Waals surface area contributed by atoms with Gasteiger partial charge in [-0.3, -0.25) is 9.59 Å². The first kappa shape index (κ1) is 24.9. The summed E-state index contributed by atoms with van der Waals surface area (Å²) >= 11 is 2.07. The molecule has 8 nitrogen and oxygen atoms in total. The van der Waals surface area contributed by atoms with Crippen molar-refractivity contribution in [2.24, 2.45) is 5.10 Å². The Kier molecular flexibility index (Phi) is 9.15. The molecule has 3 aromatic rings. The van der Waals surface area contributed by atoms with Crippen LogP contribution >= 0.6 is 22.6 Å². The zero-order chi connectivity index (χ0) is 24.3. The van der Waals surface area contributed by atoms with E-state index in [0.717, 1.165) is 9.13 Å². The molecule has 0 aliphatic rings. The molecule has 3 rings (SSSR count). The quantitative estimate of drug-likeness (QED) is 0.177. The molecular weight excluding hydrogens is 549 g/mol. The second kappa shape index (κ2) is 12.5. The third kappa shape index (κ3) is 7.14. The summed E-state index contributed by atoms with van der Waals surface area (Å²) in [5.41, 5.74) is 4.89. The minimum Gasteiger partial charge on any atom is -0.488 e. The summed E-state index contributed by atoms with van der Waals surface area (Å²) < 4.78 is 11.4. The molecule has 0 bridgehead atoms. The van der Waals surface area contributed by atoms with Crippen molar-refractivity contribution in [1.29, 1.82) is 0 Å². The number of carbonyl (C=O) groups is 3. The summed E-state index contributed by atoms with van der Waals surface area (Å²) in [4.78, 5) is 35.8. The summed E-state index contributed by atoms with van der Waals surface area (Å²) in [5, 5.41) is 6.53. The van der Waals surface area contributed by atoms with Gasteiger partial charge in [0.25, 0.3) is 11.8 Å². The van der Waals surface area contributed by atoms with E-state index in [4.69, 9.17) is 9.47 Å². The van der Waals surface area contributed by atoms with Crippen LogP contribution in [0.5, 0.6) is 5.75 Å². The number of esters is 1. The lowest BCUT2D eigenvalue weighted by Crippen LogP contribution is -2.35. The molecule has 0 unspecified atom stereocenters. The predicted octanol–water partition coefficient (Wildman–Crippen LogP) is 3.54. The molecule has 2 N–H and O–H groups in total. The number of halogens is 1. The molecule has 9 heteroatoms. The number of ether oxygens (including phenoxy) is 2. The number of hydrogen-bond acceptors (Lipinski definition) is 6. The first-order valence-corrected chi connectivity index (χ1v) is 11.3. The molecule has 2 amide bonds. The van der Waals surface area contributed by atoms with Crippen molar-refractivity contribution < 1.29 is 23.9 Å². The highest BCUT2D eigenvalue weighted by atomic mass is 127. The van der Waals surface area contributed by atoms with Crippen LogP contribution in [0, 0.1) is 3.57 Å². The maximum atomic E-state index is 12.2. The van der Waals surface area contributed by atoms with E-state index in [1.807, 2.05) is 24.3 Å². The Morgan fingerprint density at radius 3 is 2.41 bits per heavy atom. The fourth-order valence-corrected chi connectivity index (χ4v) is 3.48. The second-order valence-corrected chi connectivity index (χ2v) is 8.13. The van der Waals surface area contributed by atoms with E-state index in [9.17, 15) is 14.4 Å². The molecule has 0 fully saturated rings. The lowest BCUT2D eigenvalue weighted by atomic mass is 10.1. The maximum Gasteiger partial charge on any atom is 0.337 e.